The van der Waals surface area contributed by atoms with Crippen molar-refractivity contribution in [3.63, 3.8) is 0 Å². The first-order valence-electron chi connectivity index (χ1n) is 6.92. The third-order valence-electron chi connectivity index (χ3n) is 3.08. The van der Waals surface area contributed by atoms with Crippen LogP contribution >= 0.6 is 23.2 Å². The van der Waals surface area contributed by atoms with Gasteiger partial charge in [-0.25, -0.2) is 0 Å². The van der Waals surface area contributed by atoms with E-state index < -0.39 is 12.1 Å². The third kappa shape index (κ3) is 6.46. The number of unbranched alkanes of at least 4 members (excludes halogenated alkanes) is 1. The molecule has 0 aliphatic rings. The fourth-order valence-electron chi connectivity index (χ4n) is 1.96. The smallest absolute Gasteiger partial charge is 0.237 e. The number of halogens is 2. The number of benzene rings is 1. The van der Waals surface area contributed by atoms with E-state index in [0.29, 0.717) is 29.2 Å². The first-order chi connectivity index (χ1) is 9.96. The number of rotatable bonds is 8. The van der Waals surface area contributed by atoms with Crippen LogP contribution in [0.15, 0.2) is 18.2 Å². The van der Waals surface area contributed by atoms with Crippen molar-refractivity contribution in [1.82, 2.24) is 5.32 Å². The van der Waals surface area contributed by atoms with Crippen molar-refractivity contribution in [1.29, 1.82) is 0 Å². The van der Waals surface area contributed by atoms with Gasteiger partial charge in [-0.2, -0.15) is 0 Å². The Balaban J connectivity index is 2.62. The molecule has 4 nitrogen and oxygen atoms in total. The molecule has 1 rings (SSSR count). The Bertz CT molecular complexity index is 474. The molecule has 0 aliphatic carbocycles. The van der Waals surface area contributed by atoms with Gasteiger partial charge in [0.2, 0.25) is 5.91 Å². The largest absolute Gasteiger partial charge is 0.345 e. The van der Waals surface area contributed by atoms with Crippen LogP contribution in [-0.2, 0) is 16.0 Å². The topological polar surface area (TPSA) is 72.2 Å². The lowest BCUT2D eigenvalue weighted by atomic mass is 10.1. The maximum Gasteiger partial charge on any atom is 0.237 e. The number of aldehydes is 1. The second kappa shape index (κ2) is 9.03. The van der Waals surface area contributed by atoms with E-state index >= 15 is 0 Å². The Morgan fingerprint density at radius 2 is 1.95 bits per heavy atom. The summed E-state index contributed by atoms with van der Waals surface area (Å²) in [5.41, 5.74) is 6.56. The van der Waals surface area contributed by atoms with Gasteiger partial charge in [-0.1, -0.05) is 43.0 Å². The average molecular weight is 331 g/mol. The molecule has 0 bridgehead atoms. The highest BCUT2D eigenvalue weighted by Gasteiger charge is 2.18. The quantitative estimate of drug-likeness (QED) is 0.720. The van der Waals surface area contributed by atoms with Crippen LogP contribution < -0.4 is 11.1 Å². The Hall–Kier alpha value is -1.10. The summed E-state index contributed by atoms with van der Waals surface area (Å²) in [4.78, 5) is 23.0. The van der Waals surface area contributed by atoms with Crippen LogP contribution in [0.1, 0.15) is 31.7 Å². The molecule has 0 unspecified atom stereocenters. The molecule has 0 aromatic heterocycles. The highest BCUT2D eigenvalue weighted by atomic mass is 35.5. The second-order valence-electron chi connectivity index (χ2n) is 4.98. The van der Waals surface area contributed by atoms with Crippen molar-refractivity contribution in [2.75, 3.05) is 0 Å². The van der Waals surface area contributed by atoms with Crippen molar-refractivity contribution in [3.8, 4) is 0 Å². The zero-order valence-corrected chi connectivity index (χ0v) is 13.5. The molecular weight excluding hydrogens is 311 g/mol. The van der Waals surface area contributed by atoms with Crippen LogP contribution in [0.2, 0.25) is 10.0 Å². The van der Waals surface area contributed by atoms with Gasteiger partial charge in [-0.05, 0) is 36.6 Å². The van der Waals surface area contributed by atoms with Gasteiger partial charge < -0.3 is 15.8 Å². The van der Waals surface area contributed by atoms with E-state index in [2.05, 4.69) is 5.32 Å². The Labute approximate surface area is 135 Å². The lowest BCUT2D eigenvalue weighted by molar-refractivity contribution is -0.125. The first-order valence-corrected chi connectivity index (χ1v) is 7.68. The molecule has 0 aliphatic heterocycles. The molecule has 0 heterocycles. The summed E-state index contributed by atoms with van der Waals surface area (Å²) in [7, 11) is 0. The molecule has 0 saturated carbocycles. The lowest BCUT2D eigenvalue weighted by Crippen LogP contribution is -2.46. The average Bonchev–Trinajstić information content (AvgIpc) is 2.42. The molecular formula is C15H20Cl2N2O2. The molecule has 116 valence electrons. The molecule has 0 fully saturated rings. The van der Waals surface area contributed by atoms with Gasteiger partial charge in [0.05, 0.1) is 12.1 Å². The summed E-state index contributed by atoms with van der Waals surface area (Å²) in [6, 6.07) is 3.82. The fraction of sp³-hybridized carbons (Fsp3) is 0.467. The second-order valence-corrected chi connectivity index (χ2v) is 5.85. The van der Waals surface area contributed by atoms with Gasteiger partial charge in [0.1, 0.15) is 6.29 Å². The van der Waals surface area contributed by atoms with Crippen LogP contribution in [0.5, 0.6) is 0 Å². The maximum atomic E-state index is 11.9. The number of nitrogens with two attached hydrogens (primary N) is 1. The minimum absolute atomic E-state index is 0.311. The van der Waals surface area contributed by atoms with E-state index in [-0.39, 0.29) is 5.91 Å². The van der Waals surface area contributed by atoms with Crippen LogP contribution in [-0.4, -0.2) is 24.3 Å². The maximum absolute atomic E-state index is 11.9. The summed E-state index contributed by atoms with van der Waals surface area (Å²) in [5, 5.41) is 3.63. The third-order valence-corrected chi connectivity index (χ3v) is 3.51. The van der Waals surface area contributed by atoms with E-state index in [1.807, 2.05) is 6.92 Å². The zero-order chi connectivity index (χ0) is 15.8. The summed E-state index contributed by atoms with van der Waals surface area (Å²) in [6.07, 6.45) is 3.48. The van der Waals surface area contributed by atoms with E-state index in [9.17, 15) is 9.59 Å². The summed E-state index contributed by atoms with van der Waals surface area (Å²) in [6.45, 7) is 2.03. The van der Waals surface area contributed by atoms with Crippen LogP contribution in [0.25, 0.3) is 0 Å². The van der Waals surface area contributed by atoms with E-state index in [1.54, 1.807) is 18.2 Å². The Morgan fingerprint density at radius 1 is 1.33 bits per heavy atom. The summed E-state index contributed by atoms with van der Waals surface area (Å²) in [5.74, 6) is -0.311. The minimum Gasteiger partial charge on any atom is -0.345 e. The molecule has 1 amide bonds. The molecule has 6 heteroatoms. The monoisotopic (exact) mass is 330 g/mol. The molecule has 1 aromatic rings. The van der Waals surface area contributed by atoms with Gasteiger partial charge in [0.15, 0.2) is 0 Å². The highest BCUT2D eigenvalue weighted by molar-refractivity contribution is 6.34. The van der Waals surface area contributed by atoms with Crippen molar-refractivity contribution >= 4 is 35.4 Å². The van der Waals surface area contributed by atoms with Gasteiger partial charge in [0, 0.05) is 10.0 Å². The SMILES string of the molecule is CCCC[C@H](N)C(=O)N[C@H](C=O)Cc1cc(Cl)cc(Cl)c1. The normalized spacial score (nSPS) is 13.5. The van der Waals surface area contributed by atoms with E-state index in [4.69, 9.17) is 28.9 Å². The summed E-state index contributed by atoms with van der Waals surface area (Å²) >= 11 is 11.8. The van der Waals surface area contributed by atoms with Gasteiger partial charge in [-0.3, -0.25) is 4.79 Å². The first kappa shape index (κ1) is 18.0. The van der Waals surface area contributed by atoms with Crippen LogP contribution in [0.4, 0.5) is 0 Å². The number of amides is 1. The molecule has 21 heavy (non-hydrogen) atoms. The molecule has 2 atom stereocenters. The van der Waals surface area contributed by atoms with Crippen molar-refractivity contribution in [2.45, 2.75) is 44.7 Å². The number of hydrogen-bond acceptors (Lipinski definition) is 3. The van der Waals surface area contributed by atoms with Crippen molar-refractivity contribution in [3.05, 3.63) is 33.8 Å². The predicted molar refractivity (Wildman–Crippen MR) is 85.7 cm³/mol. The highest BCUT2D eigenvalue weighted by Crippen LogP contribution is 2.19. The van der Waals surface area contributed by atoms with E-state index in [1.165, 1.54) is 0 Å². The molecule has 0 saturated heterocycles. The van der Waals surface area contributed by atoms with Gasteiger partial charge >= 0.3 is 0 Å². The molecule has 0 radical (unpaired) electrons. The predicted octanol–water partition coefficient (Wildman–Crippen LogP) is 2.74. The van der Waals surface area contributed by atoms with Crippen LogP contribution in [0.3, 0.4) is 0 Å². The van der Waals surface area contributed by atoms with Crippen LogP contribution in [0, 0.1) is 0 Å². The molecule has 1 aromatic carbocycles. The number of nitrogens with one attached hydrogen (secondary N) is 1. The molecule has 3 N–H and O–H groups in total. The van der Waals surface area contributed by atoms with Gasteiger partial charge in [0.25, 0.3) is 0 Å². The number of carbonyl (C=O) groups excluding carboxylic acids is 2. The zero-order valence-electron chi connectivity index (χ0n) is 11.9. The molecule has 0 spiro atoms. The van der Waals surface area contributed by atoms with Crippen molar-refractivity contribution < 1.29 is 9.59 Å². The number of carbonyl (C=O) groups is 2. The number of hydrogen-bond donors (Lipinski definition) is 2. The van der Waals surface area contributed by atoms with E-state index in [0.717, 1.165) is 18.4 Å². The summed E-state index contributed by atoms with van der Waals surface area (Å²) < 4.78 is 0. The Kier molecular flexibility index (Phi) is 7.72. The fourth-order valence-corrected chi connectivity index (χ4v) is 2.53. The van der Waals surface area contributed by atoms with Gasteiger partial charge in [-0.15, -0.1) is 0 Å². The minimum atomic E-state index is -0.639. The van der Waals surface area contributed by atoms with Crippen molar-refractivity contribution in [2.24, 2.45) is 5.73 Å². The lowest BCUT2D eigenvalue weighted by Gasteiger charge is -2.17. The standard InChI is InChI=1S/C15H20Cl2N2O2/c1-2-3-4-14(18)15(21)19-13(9-20)7-10-5-11(16)8-12(17)6-10/h5-6,8-9,13-14H,2-4,7,18H2,1H3,(H,19,21)/t13-,14-/m0/s1. The Morgan fingerprint density at radius 3 is 2.48 bits per heavy atom.